The number of ether oxygens (including phenoxy) is 1. The summed E-state index contributed by atoms with van der Waals surface area (Å²) in [5, 5.41) is 20.1. The van der Waals surface area contributed by atoms with Gasteiger partial charge < -0.3 is 20.7 Å². The quantitative estimate of drug-likeness (QED) is 0.794. The first kappa shape index (κ1) is 15.6. The summed E-state index contributed by atoms with van der Waals surface area (Å²) < 4.78 is 5.04. The second-order valence-electron chi connectivity index (χ2n) is 4.84. The van der Waals surface area contributed by atoms with Crippen LogP contribution in [0.25, 0.3) is 0 Å². The largest absolute Gasteiger partial charge is 0.503 e. The maximum absolute atomic E-state index is 10.3. The molecule has 5 heteroatoms. The Morgan fingerprint density at radius 3 is 2.52 bits per heavy atom. The van der Waals surface area contributed by atoms with Crippen molar-refractivity contribution in [3.63, 3.8) is 0 Å². The number of hydrogen-bond donors (Lipinski definition) is 3. The van der Waals surface area contributed by atoms with Crippen molar-refractivity contribution in [1.29, 1.82) is 0 Å². The van der Waals surface area contributed by atoms with Crippen molar-refractivity contribution in [2.75, 3.05) is 7.11 Å². The van der Waals surface area contributed by atoms with Gasteiger partial charge in [-0.1, -0.05) is 41.9 Å². The van der Waals surface area contributed by atoms with Crippen molar-refractivity contribution in [3.05, 3.63) is 58.6 Å². The highest BCUT2D eigenvalue weighted by molar-refractivity contribution is 6.32. The Labute approximate surface area is 128 Å². The lowest BCUT2D eigenvalue weighted by Crippen LogP contribution is -2.28. The van der Waals surface area contributed by atoms with Crippen molar-refractivity contribution < 1.29 is 14.9 Å². The Balaban J connectivity index is 2.19. The van der Waals surface area contributed by atoms with Crippen molar-refractivity contribution >= 4 is 11.6 Å². The van der Waals surface area contributed by atoms with Gasteiger partial charge in [0.2, 0.25) is 0 Å². The third-order valence-electron chi connectivity index (χ3n) is 3.36. The Morgan fingerprint density at radius 1 is 1.24 bits per heavy atom. The molecule has 2 atom stereocenters. The van der Waals surface area contributed by atoms with Gasteiger partial charge in [0, 0.05) is 6.42 Å². The number of phenols is 1. The minimum Gasteiger partial charge on any atom is -0.503 e. The maximum atomic E-state index is 10.3. The van der Waals surface area contributed by atoms with E-state index < -0.39 is 12.1 Å². The van der Waals surface area contributed by atoms with Gasteiger partial charge in [0.25, 0.3) is 0 Å². The summed E-state index contributed by atoms with van der Waals surface area (Å²) in [5.74, 6) is 0.104. The van der Waals surface area contributed by atoms with Crippen LogP contribution in [-0.2, 0) is 6.42 Å². The van der Waals surface area contributed by atoms with Gasteiger partial charge >= 0.3 is 0 Å². The summed E-state index contributed by atoms with van der Waals surface area (Å²) in [6.07, 6.45) is -0.333. The summed E-state index contributed by atoms with van der Waals surface area (Å²) in [6, 6.07) is 12.1. The van der Waals surface area contributed by atoms with Gasteiger partial charge in [-0.05, 0) is 23.3 Å². The lowest BCUT2D eigenvalue weighted by Gasteiger charge is -2.20. The average Bonchev–Trinajstić information content (AvgIpc) is 2.50. The zero-order chi connectivity index (χ0) is 15.4. The van der Waals surface area contributed by atoms with Crippen molar-refractivity contribution in [1.82, 2.24) is 0 Å². The van der Waals surface area contributed by atoms with Crippen molar-refractivity contribution in [2.24, 2.45) is 5.73 Å². The highest BCUT2D eigenvalue weighted by Gasteiger charge is 2.20. The van der Waals surface area contributed by atoms with Gasteiger partial charge in [-0.15, -0.1) is 0 Å². The molecule has 0 fully saturated rings. The Bertz CT molecular complexity index is 604. The first-order valence-electron chi connectivity index (χ1n) is 6.57. The molecular weight excluding hydrogens is 290 g/mol. The number of nitrogens with two attached hydrogens (primary N) is 1. The molecule has 0 aliphatic carbocycles. The number of aliphatic hydroxyl groups is 1. The van der Waals surface area contributed by atoms with E-state index in [0.717, 1.165) is 5.56 Å². The fraction of sp³-hybridized carbons (Fsp3) is 0.250. The van der Waals surface area contributed by atoms with Gasteiger partial charge in [0.15, 0.2) is 11.5 Å². The van der Waals surface area contributed by atoms with Gasteiger partial charge in [-0.25, -0.2) is 0 Å². The smallest absolute Gasteiger partial charge is 0.176 e. The number of aliphatic hydroxyl groups excluding tert-OH is 1. The van der Waals surface area contributed by atoms with Crippen molar-refractivity contribution in [2.45, 2.75) is 18.6 Å². The summed E-state index contributed by atoms with van der Waals surface area (Å²) in [4.78, 5) is 0. The first-order valence-corrected chi connectivity index (χ1v) is 6.94. The molecule has 0 unspecified atom stereocenters. The molecule has 21 heavy (non-hydrogen) atoms. The van der Waals surface area contributed by atoms with E-state index in [1.807, 2.05) is 30.3 Å². The highest BCUT2D eigenvalue weighted by atomic mass is 35.5. The standard InChI is InChI=1S/C16H18ClNO3/c1-21-14-9-11(8-12(17)16(14)20)15(18)13(19)7-10-5-3-2-4-6-10/h2-6,8-9,13,15,19-20H,7,18H2,1H3/t13-,15+/m0/s1. The van der Waals surface area contributed by atoms with E-state index in [-0.39, 0.29) is 16.5 Å². The summed E-state index contributed by atoms with van der Waals surface area (Å²) >= 11 is 5.94. The second-order valence-corrected chi connectivity index (χ2v) is 5.24. The third-order valence-corrected chi connectivity index (χ3v) is 3.65. The summed E-state index contributed by atoms with van der Waals surface area (Å²) in [6.45, 7) is 0. The molecule has 2 aromatic carbocycles. The van der Waals surface area contributed by atoms with E-state index in [1.165, 1.54) is 13.2 Å². The molecule has 0 amide bonds. The van der Waals surface area contributed by atoms with E-state index in [2.05, 4.69) is 0 Å². The number of halogens is 1. The molecule has 2 aromatic rings. The monoisotopic (exact) mass is 307 g/mol. The van der Waals surface area contributed by atoms with E-state index in [9.17, 15) is 10.2 Å². The van der Waals surface area contributed by atoms with Crippen LogP contribution in [0.2, 0.25) is 5.02 Å². The SMILES string of the molecule is COc1cc([C@@H](N)[C@@H](O)Cc2ccccc2)cc(Cl)c1O. The van der Waals surface area contributed by atoms with Gasteiger partial charge in [0.05, 0.1) is 24.3 Å². The number of aromatic hydroxyl groups is 1. The molecule has 0 radical (unpaired) electrons. The lowest BCUT2D eigenvalue weighted by molar-refractivity contribution is 0.145. The number of benzene rings is 2. The molecule has 0 saturated heterocycles. The molecule has 0 aromatic heterocycles. The summed E-state index contributed by atoms with van der Waals surface area (Å²) in [5.41, 5.74) is 7.69. The molecule has 0 aliphatic heterocycles. The molecule has 0 spiro atoms. The number of phenolic OH excluding ortho intramolecular Hbond substituents is 1. The van der Waals surface area contributed by atoms with E-state index in [1.54, 1.807) is 6.07 Å². The van der Waals surface area contributed by atoms with E-state index in [0.29, 0.717) is 12.0 Å². The predicted molar refractivity (Wildman–Crippen MR) is 82.8 cm³/mol. The van der Waals surface area contributed by atoms with Crippen LogP contribution >= 0.6 is 11.6 Å². The third kappa shape index (κ3) is 3.67. The molecule has 2 rings (SSSR count). The van der Waals surface area contributed by atoms with Gasteiger partial charge in [0.1, 0.15) is 0 Å². The first-order chi connectivity index (χ1) is 10.0. The zero-order valence-corrected chi connectivity index (χ0v) is 12.4. The Hall–Kier alpha value is -1.75. The molecule has 112 valence electrons. The van der Waals surface area contributed by atoms with E-state index in [4.69, 9.17) is 22.1 Å². The van der Waals surface area contributed by atoms with Crippen LogP contribution in [0, 0.1) is 0 Å². The number of hydrogen-bond acceptors (Lipinski definition) is 4. The maximum Gasteiger partial charge on any atom is 0.176 e. The Morgan fingerprint density at radius 2 is 1.90 bits per heavy atom. The fourth-order valence-electron chi connectivity index (χ4n) is 2.15. The molecule has 4 N–H and O–H groups in total. The van der Waals surface area contributed by atoms with Crippen LogP contribution < -0.4 is 10.5 Å². The topological polar surface area (TPSA) is 75.7 Å². The van der Waals surface area contributed by atoms with Gasteiger partial charge in [-0.3, -0.25) is 0 Å². The van der Waals surface area contributed by atoms with Crippen LogP contribution in [0.3, 0.4) is 0 Å². The number of methoxy groups -OCH3 is 1. The minimum atomic E-state index is -0.766. The van der Waals surface area contributed by atoms with Crippen LogP contribution in [0.1, 0.15) is 17.2 Å². The normalized spacial score (nSPS) is 13.7. The minimum absolute atomic E-state index is 0.132. The summed E-state index contributed by atoms with van der Waals surface area (Å²) in [7, 11) is 1.43. The molecule has 0 bridgehead atoms. The number of rotatable bonds is 5. The van der Waals surface area contributed by atoms with Crippen LogP contribution in [0.15, 0.2) is 42.5 Å². The second kappa shape index (κ2) is 6.80. The average molecular weight is 308 g/mol. The van der Waals surface area contributed by atoms with Crippen molar-refractivity contribution in [3.8, 4) is 11.5 Å². The van der Waals surface area contributed by atoms with E-state index >= 15 is 0 Å². The fourth-order valence-corrected chi connectivity index (χ4v) is 2.37. The molecule has 0 heterocycles. The predicted octanol–water partition coefficient (Wildman–Crippen LogP) is 2.66. The van der Waals surface area contributed by atoms with Gasteiger partial charge in [-0.2, -0.15) is 0 Å². The Kier molecular flexibility index (Phi) is 5.07. The molecule has 4 nitrogen and oxygen atoms in total. The molecule has 0 aliphatic rings. The van der Waals surface area contributed by atoms with Crippen LogP contribution in [0.4, 0.5) is 0 Å². The van der Waals surface area contributed by atoms with Crippen LogP contribution in [-0.4, -0.2) is 23.4 Å². The lowest BCUT2D eigenvalue weighted by atomic mass is 9.96. The zero-order valence-electron chi connectivity index (χ0n) is 11.7. The highest BCUT2D eigenvalue weighted by Crippen LogP contribution is 2.36. The molecule has 0 saturated carbocycles. The molecular formula is C16H18ClNO3. The van der Waals surface area contributed by atoms with Crippen LogP contribution in [0.5, 0.6) is 11.5 Å².